The van der Waals surface area contributed by atoms with Crippen molar-refractivity contribution in [3.63, 3.8) is 0 Å². The molecule has 1 amide bonds. The van der Waals surface area contributed by atoms with Crippen LogP contribution in [0.3, 0.4) is 0 Å². The number of carbonyl (C=O) groups is 1. The minimum absolute atomic E-state index is 0.186. The van der Waals surface area contributed by atoms with Crippen molar-refractivity contribution >= 4 is 34.8 Å². The lowest BCUT2D eigenvalue weighted by molar-refractivity contribution is -0.885. The quantitative estimate of drug-likeness (QED) is 0.861. The summed E-state index contributed by atoms with van der Waals surface area (Å²) in [6, 6.07) is 11.3. The van der Waals surface area contributed by atoms with Gasteiger partial charge in [-0.2, -0.15) is 0 Å². The van der Waals surface area contributed by atoms with Crippen LogP contribution in [0.25, 0.3) is 0 Å². The van der Waals surface area contributed by atoms with Gasteiger partial charge in [0.1, 0.15) is 12.4 Å². The van der Waals surface area contributed by atoms with Gasteiger partial charge in [-0.1, -0.05) is 41.4 Å². The molecule has 0 saturated heterocycles. The lowest BCUT2D eigenvalue weighted by Gasteiger charge is -2.15. The van der Waals surface area contributed by atoms with Crippen molar-refractivity contribution in [3.8, 4) is 0 Å². The molecule has 2 aromatic carbocycles. The number of para-hydroxylation sites is 1. The zero-order valence-electron chi connectivity index (χ0n) is 12.0. The summed E-state index contributed by atoms with van der Waals surface area (Å²) in [4.78, 5) is 13.0. The average molecular weight is 342 g/mol. The molecule has 0 fully saturated rings. The van der Waals surface area contributed by atoms with Crippen molar-refractivity contribution in [2.45, 2.75) is 6.54 Å². The summed E-state index contributed by atoms with van der Waals surface area (Å²) in [6.07, 6.45) is 0. The van der Waals surface area contributed by atoms with Crippen molar-refractivity contribution in [1.29, 1.82) is 0 Å². The molecular formula is C16H16Cl2FN2O+. The minimum Gasteiger partial charge on any atom is -0.326 e. The summed E-state index contributed by atoms with van der Waals surface area (Å²) in [5, 5.41) is 3.52. The Bertz CT molecular complexity index is 641. The Morgan fingerprint density at radius 2 is 1.73 bits per heavy atom. The van der Waals surface area contributed by atoms with Gasteiger partial charge in [0.25, 0.3) is 5.91 Å². The molecular weight excluding hydrogens is 326 g/mol. The molecule has 2 N–H and O–H groups in total. The summed E-state index contributed by atoms with van der Waals surface area (Å²) >= 11 is 12.0. The van der Waals surface area contributed by atoms with Crippen LogP contribution in [0.4, 0.5) is 10.1 Å². The van der Waals surface area contributed by atoms with E-state index in [1.807, 2.05) is 7.05 Å². The van der Waals surface area contributed by atoms with Crippen LogP contribution in [-0.4, -0.2) is 19.5 Å². The molecule has 2 aromatic rings. The number of amides is 1. The molecule has 22 heavy (non-hydrogen) atoms. The number of hydrogen-bond acceptors (Lipinski definition) is 1. The second-order valence-electron chi connectivity index (χ2n) is 5.08. The summed E-state index contributed by atoms with van der Waals surface area (Å²) < 4.78 is 12.9. The highest BCUT2D eigenvalue weighted by Crippen LogP contribution is 2.29. The van der Waals surface area contributed by atoms with E-state index in [1.54, 1.807) is 30.3 Å². The van der Waals surface area contributed by atoms with Gasteiger partial charge < -0.3 is 10.2 Å². The van der Waals surface area contributed by atoms with E-state index in [4.69, 9.17) is 23.2 Å². The van der Waals surface area contributed by atoms with Gasteiger partial charge in [-0.3, -0.25) is 4.79 Å². The number of hydrogen-bond donors (Lipinski definition) is 2. The number of nitrogens with one attached hydrogen (secondary N) is 2. The van der Waals surface area contributed by atoms with Crippen molar-refractivity contribution in [1.82, 2.24) is 0 Å². The minimum atomic E-state index is -0.271. The number of benzene rings is 2. The second kappa shape index (κ2) is 7.58. The predicted molar refractivity (Wildman–Crippen MR) is 86.9 cm³/mol. The van der Waals surface area contributed by atoms with E-state index in [2.05, 4.69) is 5.32 Å². The second-order valence-corrected chi connectivity index (χ2v) is 5.90. The molecule has 0 radical (unpaired) electrons. The zero-order valence-corrected chi connectivity index (χ0v) is 13.5. The fourth-order valence-corrected chi connectivity index (χ4v) is 2.58. The van der Waals surface area contributed by atoms with Crippen molar-refractivity contribution in [3.05, 3.63) is 63.9 Å². The number of halogens is 3. The van der Waals surface area contributed by atoms with Gasteiger partial charge in [-0.15, -0.1) is 0 Å². The van der Waals surface area contributed by atoms with Gasteiger partial charge in [-0.05, 0) is 24.3 Å². The Kier molecular flexibility index (Phi) is 5.77. The molecule has 1 atom stereocenters. The summed E-state index contributed by atoms with van der Waals surface area (Å²) in [5.74, 6) is -0.456. The average Bonchev–Trinajstić information content (AvgIpc) is 2.45. The van der Waals surface area contributed by atoms with Crippen LogP contribution in [0, 0.1) is 5.82 Å². The van der Waals surface area contributed by atoms with Crippen LogP contribution in [0.15, 0.2) is 42.5 Å². The molecule has 116 valence electrons. The SMILES string of the molecule is C[NH+](CC(=O)Nc1c(Cl)cccc1Cl)Cc1ccc(F)cc1. The first kappa shape index (κ1) is 16.7. The lowest BCUT2D eigenvalue weighted by atomic mass is 10.2. The highest BCUT2D eigenvalue weighted by atomic mass is 35.5. The van der Waals surface area contributed by atoms with E-state index >= 15 is 0 Å². The van der Waals surface area contributed by atoms with E-state index in [-0.39, 0.29) is 18.3 Å². The van der Waals surface area contributed by atoms with E-state index in [9.17, 15) is 9.18 Å². The highest BCUT2D eigenvalue weighted by molar-refractivity contribution is 6.39. The molecule has 0 aromatic heterocycles. The zero-order chi connectivity index (χ0) is 16.1. The standard InChI is InChI=1S/C16H15Cl2FN2O/c1-21(9-11-5-7-12(19)8-6-11)10-15(22)20-16-13(17)3-2-4-14(16)18/h2-8H,9-10H2,1H3,(H,20,22)/p+1. The first-order valence-corrected chi connectivity index (χ1v) is 7.51. The van der Waals surface area contributed by atoms with Crippen LogP contribution in [0.1, 0.15) is 5.56 Å². The molecule has 0 aliphatic carbocycles. The van der Waals surface area contributed by atoms with Gasteiger partial charge in [-0.25, -0.2) is 4.39 Å². The first-order chi connectivity index (χ1) is 10.5. The number of quaternary nitrogens is 1. The van der Waals surface area contributed by atoms with Crippen molar-refractivity contribution in [2.75, 3.05) is 18.9 Å². The maximum atomic E-state index is 12.9. The maximum absolute atomic E-state index is 12.9. The maximum Gasteiger partial charge on any atom is 0.279 e. The molecule has 2 rings (SSSR count). The molecule has 0 heterocycles. The van der Waals surface area contributed by atoms with Crippen LogP contribution in [0.2, 0.25) is 10.0 Å². The molecule has 0 bridgehead atoms. The largest absolute Gasteiger partial charge is 0.326 e. The number of anilines is 1. The third-order valence-corrected chi connectivity index (χ3v) is 3.74. The van der Waals surface area contributed by atoms with Crippen LogP contribution in [0.5, 0.6) is 0 Å². The number of rotatable bonds is 5. The van der Waals surface area contributed by atoms with Gasteiger partial charge >= 0.3 is 0 Å². The Labute approximate surface area is 138 Å². The lowest BCUT2D eigenvalue weighted by Crippen LogP contribution is -3.08. The number of carbonyl (C=O) groups excluding carboxylic acids is 1. The van der Waals surface area contributed by atoms with E-state index < -0.39 is 0 Å². The molecule has 3 nitrogen and oxygen atoms in total. The molecule has 0 aliphatic heterocycles. The summed E-state index contributed by atoms with van der Waals surface area (Å²) in [6.45, 7) is 0.864. The van der Waals surface area contributed by atoms with E-state index in [0.717, 1.165) is 10.5 Å². The molecule has 0 spiro atoms. The van der Waals surface area contributed by atoms with Gasteiger partial charge in [0.15, 0.2) is 6.54 Å². The third kappa shape index (κ3) is 4.70. The van der Waals surface area contributed by atoms with E-state index in [1.165, 1.54) is 12.1 Å². The molecule has 0 aliphatic rings. The predicted octanol–water partition coefficient (Wildman–Crippen LogP) is 2.79. The monoisotopic (exact) mass is 341 g/mol. The molecule has 6 heteroatoms. The van der Waals surface area contributed by atoms with Crippen LogP contribution >= 0.6 is 23.2 Å². The highest BCUT2D eigenvalue weighted by Gasteiger charge is 2.14. The van der Waals surface area contributed by atoms with Gasteiger partial charge in [0.05, 0.1) is 22.8 Å². The fourth-order valence-electron chi connectivity index (χ4n) is 2.09. The Hall–Kier alpha value is -1.62. The van der Waals surface area contributed by atoms with E-state index in [0.29, 0.717) is 22.3 Å². The van der Waals surface area contributed by atoms with Crippen LogP contribution in [-0.2, 0) is 11.3 Å². The third-order valence-electron chi connectivity index (χ3n) is 3.11. The van der Waals surface area contributed by atoms with Gasteiger partial charge in [0, 0.05) is 5.56 Å². The molecule has 1 unspecified atom stereocenters. The van der Waals surface area contributed by atoms with Crippen molar-refractivity contribution < 1.29 is 14.1 Å². The summed E-state index contributed by atoms with van der Waals surface area (Å²) in [7, 11) is 1.89. The summed E-state index contributed by atoms with van der Waals surface area (Å²) in [5.41, 5.74) is 1.38. The topological polar surface area (TPSA) is 33.5 Å². The Morgan fingerprint density at radius 3 is 2.32 bits per heavy atom. The Morgan fingerprint density at radius 1 is 1.14 bits per heavy atom. The first-order valence-electron chi connectivity index (χ1n) is 6.75. The normalized spacial score (nSPS) is 12.0. The van der Waals surface area contributed by atoms with Crippen LogP contribution < -0.4 is 10.2 Å². The smallest absolute Gasteiger partial charge is 0.279 e. The molecule has 0 saturated carbocycles. The number of likely N-dealkylation sites (N-methyl/N-ethyl adjacent to an activating group) is 1. The Balaban J connectivity index is 1.92. The van der Waals surface area contributed by atoms with Crippen molar-refractivity contribution in [2.24, 2.45) is 0 Å². The van der Waals surface area contributed by atoms with Gasteiger partial charge in [0.2, 0.25) is 0 Å². The fraction of sp³-hybridized carbons (Fsp3) is 0.188.